The number of nitrogens with two attached hydrogens (primary N) is 1. The van der Waals surface area contributed by atoms with Crippen LogP contribution in [0.25, 0.3) is 0 Å². The highest BCUT2D eigenvalue weighted by atomic mass is 79.9. The van der Waals surface area contributed by atoms with Crippen LogP contribution in [0.15, 0.2) is 16.6 Å². The van der Waals surface area contributed by atoms with Crippen LogP contribution in [-0.4, -0.2) is 25.8 Å². The average Bonchev–Trinajstić information content (AvgIpc) is 2.38. The molecule has 1 aromatic rings. The maximum absolute atomic E-state index is 11.3. The number of benzene rings is 1. The van der Waals surface area contributed by atoms with E-state index in [2.05, 4.69) is 15.9 Å². The van der Waals surface area contributed by atoms with Gasteiger partial charge in [0.25, 0.3) is 0 Å². The molecule has 1 aromatic carbocycles. The molecule has 0 heterocycles. The molecule has 2 N–H and O–H groups in total. The minimum absolute atomic E-state index is 0.158. The Morgan fingerprint density at radius 2 is 2.00 bits per heavy atom. The number of ether oxygens (including phenoxy) is 3. The summed E-state index contributed by atoms with van der Waals surface area (Å²) in [4.78, 5) is 11.3. The molecule has 1 rings (SSSR count). The Hall–Kier alpha value is -1.27. The lowest BCUT2D eigenvalue weighted by Gasteiger charge is -2.14. The number of halogens is 1. The van der Waals surface area contributed by atoms with Crippen molar-refractivity contribution < 1.29 is 19.0 Å². The van der Waals surface area contributed by atoms with Gasteiger partial charge in [0.1, 0.15) is 0 Å². The molecule has 0 unspecified atom stereocenters. The van der Waals surface area contributed by atoms with Gasteiger partial charge in [-0.15, -0.1) is 0 Å². The Bertz CT molecular complexity index is 437. The number of carbonyl (C=O) groups is 1. The molecule has 6 heteroatoms. The fourth-order valence-corrected chi connectivity index (χ4v) is 2.08. The van der Waals surface area contributed by atoms with Gasteiger partial charge in [-0.1, -0.05) is 0 Å². The quantitative estimate of drug-likeness (QED) is 0.776. The summed E-state index contributed by atoms with van der Waals surface area (Å²) in [6, 6.07) is 3.64. The van der Waals surface area contributed by atoms with Gasteiger partial charge in [0.05, 0.1) is 17.7 Å². The SMILES string of the molecule is CCOC(=O)COc1c(Br)cc(CN)cc1OCC. The van der Waals surface area contributed by atoms with Crippen molar-refractivity contribution in [3.63, 3.8) is 0 Å². The second-order valence-corrected chi connectivity index (χ2v) is 4.49. The van der Waals surface area contributed by atoms with E-state index in [1.807, 2.05) is 13.0 Å². The van der Waals surface area contributed by atoms with E-state index in [4.69, 9.17) is 19.9 Å². The smallest absolute Gasteiger partial charge is 0.344 e. The third kappa shape index (κ3) is 4.72. The Balaban J connectivity index is 2.88. The molecule has 0 spiro atoms. The van der Waals surface area contributed by atoms with Crippen molar-refractivity contribution in [2.75, 3.05) is 19.8 Å². The predicted octanol–water partition coefficient (Wildman–Crippen LogP) is 2.25. The van der Waals surface area contributed by atoms with E-state index in [0.29, 0.717) is 35.7 Å². The van der Waals surface area contributed by atoms with Crippen LogP contribution in [0.1, 0.15) is 19.4 Å². The van der Waals surface area contributed by atoms with Crippen LogP contribution >= 0.6 is 15.9 Å². The van der Waals surface area contributed by atoms with E-state index >= 15 is 0 Å². The van der Waals surface area contributed by atoms with Crippen molar-refractivity contribution in [3.05, 3.63) is 22.2 Å². The van der Waals surface area contributed by atoms with E-state index < -0.39 is 5.97 Å². The zero-order chi connectivity index (χ0) is 14.3. The molecule has 0 aliphatic heterocycles. The predicted molar refractivity (Wildman–Crippen MR) is 75.3 cm³/mol. The first-order valence-electron chi connectivity index (χ1n) is 6.06. The molecule has 0 radical (unpaired) electrons. The molecule has 0 amide bonds. The van der Waals surface area contributed by atoms with Gasteiger partial charge < -0.3 is 19.9 Å². The molecule has 106 valence electrons. The number of esters is 1. The second kappa shape index (κ2) is 8.01. The minimum Gasteiger partial charge on any atom is -0.490 e. The first-order chi connectivity index (χ1) is 9.12. The zero-order valence-electron chi connectivity index (χ0n) is 11.1. The third-order valence-corrected chi connectivity index (χ3v) is 2.83. The van der Waals surface area contributed by atoms with Gasteiger partial charge in [-0.25, -0.2) is 4.79 Å². The van der Waals surface area contributed by atoms with Crippen LogP contribution in [-0.2, 0) is 16.1 Å². The number of carbonyl (C=O) groups excluding carboxylic acids is 1. The van der Waals surface area contributed by atoms with Crippen molar-refractivity contribution in [3.8, 4) is 11.5 Å². The summed E-state index contributed by atoms with van der Waals surface area (Å²) in [5.41, 5.74) is 6.52. The molecule has 0 saturated carbocycles. The first-order valence-corrected chi connectivity index (χ1v) is 6.85. The molecule has 0 fully saturated rings. The van der Waals surface area contributed by atoms with Crippen molar-refractivity contribution in [1.82, 2.24) is 0 Å². The largest absolute Gasteiger partial charge is 0.490 e. The molecule has 0 aliphatic carbocycles. The summed E-state index contributed by atoms with van der Waals surface area (Å²) in [7, 11) is 0. The van der Waals surface area contributed by atoms with Crippen LogP contribution < -0.4 is 15.2 Å². The van der Waals surface area contributed by atoms with Crippen LogP contribution in [0.4, 0.5) is 0 Å². The van der Waals surface area contributed by atoms with Gasteiger partial charge in [-0.2, -0.15) is 0 Å². The third-order valence-electron chi connectivity index (χ3n) is 2.24. The highest BCUT2D eigenvalue weighted by Gasteiger charge is 2.14. The normalized spacial score (nSPS) is 10.1. The van der Waals surface area contributed by atoms with Gasteiger partial charge in [-0.3, -0.25) is 0 Å². The van der Waals surface area contributed by atoms with Gasteiger partial charge >= 0.3 is 5.97 Å². The topological polar surface area (TPSA) is 70.8 Å². The van der Waals surface area contributed by atoms with Crippen LogP contribution in [0.2, 0.25) is 0 Å². The number of hydrogen-bond acceptors (Lipinski definition) is 5. The zero-order valence-corrected chi connectivity index (χ0v) is 12.7. The average molecular weight is 332 g/mol. The molecular formula is C13H18BrNO4. The van der Waals surface area contributed by atoms with Gasteiger partial charge in [-0.05, 0) is 47.5 Å². The summed E-state index contributed by atoms with van der Waals surface area (Å²) >= 11 is 3.39. The standard InChI is InChI=1S/C13H18BrNO4/c1-3-17-11-6-9(7-15)5-10(14)13(11)19-8-12(16)18-4-2/h5-6H,3-4,7-8,15H2,1-2H3. The van der Waals surface area contributed by atoms with Gasteiger partial charge in [0, 0.05) is 6.54 Å². The molecule has 19 heavy (non-hydrogen) atoms. The maximum Gasteiger partial charge on any atom is 0.344 e. The maximum atomic E-state index is 11.3. The lowest BCUT2D eigenvalue weighted by molar-refractivity contribution is -0.145. The lowest BCUT2D eigenvalue weighted by Crippen LogP contribution is -2.15. The first kappa shape index (κ1) is 15.8. The molecule has 0 atom stereocenters. The molecule has 0 aromatic heterocycles. The fraction of sp³-hybridized carbons (Fsp3) is 0.462. The van der Waals surface area contributed by atoms with Gasteiger partial charge in [0.15, 0.2) is 18.1 Å². The molecular weight excluding hydrogens is 314 g/mol. The highest BCUT2D eigenvalue weighted by molar-refractivity contribution is 9.10. The molecule has 0 bridgehead atoms. The Morgan fingerprint density at radius 3 is 2.58 bits per heavy atom. The summed E-state index contributed by atoms with van der Waals surface area (Å²) < 4.78 is 16.4. The molecule has 0 aliphatic rings. The summed E-state index contributed by atoms with van der Waals surface area (Å²) in [6.45, 7) is 4.68. The van der Waals surface area contributed by atoms with Crippen molar-refractivity contribution in [1.29, 1.82) is 0 Å². The monoisotopic (exact) mass is 331 g/mol. The summed E-state index contributed by atoms with van der Waals surface area (Å²) in [6.07, 6.45) is 0. The van der Waals surface area contributed by atoms with E-state index in [1.54, 1.807) is 13.0 Å². The minimum atomic E-state index is -0.417. The summed E-state index contributed by atoms with van der Waals surface area (Å²) in [5.74, 6) is 0.619. The van der Waals surface area contributed by atoms with Crippen LogP contribution in [0.5, 0.6) is 11.5 Å². The van der Waals surface area contributed by atoms with Crippen LogP contribution in [0.3, 0.4) is 0 Å². The van der Waals surface area contributed by atoms with Crippen molar-refractivity contribution in [2.45, 2.75) is 20.4 Å². The lowest BCUT2D eigenvalue weighted by atomic mass is 10.2. The van der Waals surface area contributed by atoms with Gasteiger partial charge in [0.2, 0.25) is 0 Å². The Labute approximate surface area is 121 Å². The number of rotatable bonds is 7. The fourth-order valence-electron chi connectivity index (χ4n) is 1.48. The van der Waals surface area contributed by atoms with E-state index in [-0.39, 0.29) is 6.61 Å². The Morgan fingerprint density at radius 1 is 1.26 bits per heavy atom. The number of hydrogen-bond donors (Lipinski definition) is 1. The van der Waals surface area contributed by atoms with E-state index in [1.165, 1.54) is 0 Å². The molecule has 0 saturated heterocycles. The Kier molecular flexibility index (Phi) is 6.66. The highest BCUT2D eigenvalue weighted by Crippen LogP contribution is 2.36. The van der Waals surface area contributed by atoms with E-state index in [0.717, 1.165) is 5.56 Å². The van der Waals surface area contributed by atoms with Crippen molar-refractivity contribution >= 4 is 21.9 Å². The summed E-state index contributed by atoms with van der Waals surface area (Å²) in [5, 5.41) is 0. The second-order valence-electron chi connectivity index (χ2n) is 3.64. The van der Waals surface area contributed by atoms with Crippen molar-refractivity contribution in [2.24, 2.45) is 5.73 Å². The van der Waals surface area contributed by atoms with Crippen LogP contribution in [0, 0.1) is 0 Å². The molecule has 5 nitrogen and oxygen atoms in total. The van der Waals surface area contributed by atoms with E-state index in [9.17, 15) is 4.79 Å².